The molecule has 0 unspecified atom stereocenters. The first-order chi connectivity index (χ1) is 18.0. The molecule has 2 aromatic heterocycles. The number of nitrogens with two attached hydrogens (primary N) is 1. The van der Waals surface area contributed by atoms with Gasteiger partial charge in [-0.15, -0.1) is 0 Å². The van der Waals surface area contributed by atoms with E-state index in [1.807, 2.05) is 63.2 Å². The molecule has 0 aliphatic heterocycles. The number of hydrogen-bond donors (Lipinski definition) is 1. The number of ether oxygens (including phenoxy) is 1. The van der Waals surface area contributed by atoms with Gasteiger partial charge in [0.2, 0.25) is 5.88 Å². The van der Waals surface area contributed by atoms with Gasteiger partial charge in [0.25, 0.3) is 0 Å². The minimum absolute atomic E-state index is 0.0305. The molecule has 9 heteroatoms. The Morgan fingerprint density at radius 2 is 1.82 bits per heavy atom. The minimum Gasteiger partial charge on any atom is -0.439 e. The summed E-state index contributed by atoms with van der Waals surface area (Å²) in [5.74, 6) is 1.15. The van der Waals surface area contributed by atoms with Crippen LogP contribution in [0.15, 0.2) is 60.4 Å². The van der Waals surface area contributed by atoms with Crippen LogP contribution in [0.5, 0.6) is 11.6 Å². The molecule has 194 valence electrons. The first-order valence-electron chi connectivity index (χ1n) is 12.1. The molecular weight excluding hydrogens is 500 g/mol. The molecule has 0 saturated carbocycles. The summed E-state index contributed by atoms with van der Waals surface area (Å²) in [6.07, 6.45) is 6.56. The lowest BCUT2D eigenvalue weighted by molar-refractivity contribution is 0.103. The molecule has 0 atom stereocenters. The van der Waals surface area contributed by atoms with Crippen LogP contribution >= 0.6 is 0 Å². The van der Waals surface area contributed by atoms with Gasteiger partial charge in [-0.3, -0.25) is 4.79 Å². The molecule has 5 rings (SSSR count). The van der Waals surface area contributed by atoms with Crippen molar-refractivity contribution in [3.05, 3.63) is 99.4 Å². The molecule has 0 spiro atoms. The third-order valence-electron chi connectivity index (χ3n) is 6.66. The summed E-state index contributed by atoms with van der Waals surface area (Å²) >= 11 is 0. The van der Waals surface area contributed by atoms with Crippen LogP contribution in [-0.2, 0) is 22.0 Å². The molecule has 8 nitrogen and oxygen atoms in total. The largest absolute Gasteiger partial charge is 0.439 e. The van der Waals surface area contributed by atoms with Gasteiger partial charge in [-0.25, -0.2) is 18.1 Å². The maximum absolute atomic E-state index is 13.4. The monoisotopic (exact) mass is 528 g/mol. The number of aryl methyl sites for hydroxylation is 3. The summed E-state index contributed by atoms with van der Waals surface area (Å²) in [6, 6.07) is 13.3. The lowest BCUT2D eigenvalue weighted by Crippen LogP contribution is -2.09. The Morgan fingerprint density at radius 3 is 2.53 bits per heavy atom. The number of ketones is 1. The van der Waals surface area contributed by atoms with Crippen LogP contribution in [0.25, 0.3) is 11.8 Å². The number of pyridine rings is 1. The Hall–Kier alpha value is -4.24. The molecule has 0 amide bonds. The van der Waals surface area contributed by atoms with Crippen LogP contribution in [0.2, 0.25) is 0 Å². The third kappa shape index (κ3) is 4.97. The molecule has 0 bridgehead atoms. The van der Waals surface area contributed by atoms with E-state index in [0.717, 1.165) is 39.1 Å². The number of nitrogen functional groups attached to an aromatic ring is 1. The zero-order chi connectivity index (χ0) is 27.2. The maximum atomic E-state index is 13.4. The Bertz CT molecular complexity index is 1740. The normalized spacial score (nSPS) is 12.8. The number of anilines is 1. The minimum atomic E-state index is -3.17. The number of carbonyl (C=O) groups is 1. The lowest BCUT2D eigenvalue weighted by Gasteiger charge is -2.11. The highest BCUT2D eigenvalue weighted by Crippen LogP contribution is 2.32. The quantitative estimate of drug-likeness (QED) is 0.338. The molecule has 2 aromatic carbocycles. The van der Waals surface area contributed by atoms with E-state index in [9.17, 15) is 13.2 Å². The number of allylic oxidation sites excluding steroid dienone is 1. The number of para-hydroxylation sites is 1. The van der Waals surface area contributed by atoms with Crippen LogP contribution < -0.4 is 10.5 Å². The van der Waals surface area contributed by atoms with Crippen molar-refractivity contribution in [2.45, 2.75) is 32.9 Å². The summed E-state index contributed by atoms with van der Waals surface area (Å²) in [7, 11) is -3.17. The van der Waals surface area contributed by atoms with Crippen molar-refractivity contribution >= 4 is 27.5 Å². The average molecular weight is 529 g/mol. The van der Waals surface area contributed by atoms with Gasteiger partial charge in [0.15, 0.2) is 15.6 Å². The predicted octanol–water partition coefficient (Wildman–Crippen LogP) is 4.93. The Balaban J connectivity index is 1.38. The second kappa shape index (κ2) is 9.57. The Kier molecular flexibility index (Phi) is 6.40. The number of fused-ring (bicyclic) bond motifs is 1. The Morgan fingerprint density at radius 1 is 1.05 bits per heavy atom. The zero-order valence-corrected chi connectivity index (χ0v) is 22.5. The van der Waals surface area contributed by atoms with E-state index < -0.39 is 9.84 Å². The van der Waals surface area contributed by atoms with Gasteiger partial charge in [-0.2, -0.15) is 5.10 Å². The standard InChI is InChI=1S/C29H28N4O4S/c1-17-7-5-6-8-26(17)37-27-10-19(3)25(15-31-27)33-29(30)24(14-32-33)28(34)22-11-20-9-18(2)23(13-21(20)12-22)16-38(4,35)36/h5-11,13-15H,12,16,30H2,1-4H3. The van der Waals surface area contributed by atoms with E-state index in [1.165, 1.54) is 17.1 Å². The van der Waals surface area contributed by atoms with Gasteiger partial charge < -0.3 is 10.5 Å². The van der Waals surface area contributed by atoms with Crippen LogP contribution in [0, 0.1) is 20.8 Å². The van der Waals surface area contributed by atoms with Crippen molar-refractivity contribution in [3.63, 3.8) is 0 Å². The van der Waals surface area contributed by atoms with Gasteiger partial charge >= 0.3 is 0 Å². The zero-order valence-electron chi connectivity index (χ0n) is 21.6. The van der Waals surface area contributed by atoms with E-state index in [0.29, 0.717) is 29.1 Å². The van der Waals surface area contributed by atoms with Crippen molar-refractivity contribution in [1.29, 1.82) is 0 Å². The molecule has 4 aromatic rings. The summed E-state index contributed by atoms with van der Waals surface area (Å²) in [4.78, 5) is 17.8. The maximum Gasteiger partial charge on any atom is 0.219 e. The molecule has 0 saturated heterocycles. The summed E-state index contributed by atoms with van der Waals surface area (Å²) < 4.78 is 31.0. The van der Waals surface area contributed by atoms with Gasteiger partial charge in [0.1, 0.15) is 11.6 Å². The summed E-state index contributed by atoms with van der Waals surface area (Å²) in [5, 5.41) is 4.38. The number of benzene rings is 2. The molecule has 2 N–H and O–H groups in total. The fraction of sp³-hybridized carbons (Fsp3) is 0.207. The van der Waals surface area contributed by atoms with Crippen molar-refractivity contribution < 1.29 is 17.9 Å². The van der Waals surface area contributed by atoms with Crippen LogP contribution in [-0.4, -0.2) is 35.2 Å². The van der Waals surface area contributed by atoms with E-state index in [1.54, 1.807) is 12.3 Å². The van der Waals surface area contributed by atoms with Gasteiger partial charge in [0, 0.05) is 24.3 Å². The highest BCUT2D eigenvalue weighted by atomic mass is 32.2. The molecule has 0 fully saturated rings. The number of nitrogens with zero attached hydrogens (tertiary/aromatic N) is 3. The van der Waals surface area contributed by atoms with Crippen molar-refractivity contribution in [3.8, 4) is 17.3 Å². The number of sulfone groups is 1. The van der Waals surface area contributed by atoms with Crippen molar-refractivity contribution in [1.82, 2.24) is 14.8 Å². The molecule has 38 heavy (non-hydrogen) atoms. The highest BCUT2D eigenvalue weighted by molar-refractivity contribution is 7.89. The second-order valence-corrected chi connectivity index (χ2v) is 11.9. The number of Topliss-reactive ketones (excluding diaryl/α,β-unsaturated/α-hetero) is 1. The van der Waals surface area contributed by atoms with Crippen molar-refractivity contribution in [2.75, 3.05) is 12.0 Å². The lowest BCUT2D eigenvalue weighted by atomic mass is 10.0. The van der Waals surface area contributed by atoms with Crippen LogP contribution in [0.4, 0.5) is 5.82 Å². The van der Waals surface area contributed by atoms with E-state index >= 15 is 0 Å². The first kappa shape index (κ1) is 25.4. The van der Waals surface area contributed by atoms with E-state index in [4.69, 9.17) is 10.5 Å². The molecule has 1 aliphatic carbocycles. The predicted molar refractivity (Wildman–Crippen MR) is 147 cm³/mol. The van der Waals surface area contributed by atoms with Gasteiger partial charge in [0.05, 0.1) is 29.4 Å². The number of rotatable bonds is 7. The fourth-order valence-electron chi connectivity index (χ4n) is 4.62. The summed E-state index contributed by atoms with van der Waals surface area (Å²) in [5.41, 5.74) is 13.2. The fourth-order valence-corrected chi connectivity index (χ4v) is 5.50. The van der Waals surface area contributed by atoms with Crippen LogP contribution in [0.3, 0.4) is 0 Å². The average Bonchev–Trinajstić information content (AvgIpc) is 3.43. The SMILES string of the molecule is Cc1cc2c(cc1CS(C)(=O)=O)CC(C(=O)c1cnn(-c3cnc(Oc4ccccc4C)cc3C)c1N)=C2. The van der Waals surface area contributed by atoms with E-state index in [2.05, 4.69) is 10.1 Å². The van der Waals surface area contributed by atoms with Gasteiger partial charge in [-0.05, 0) is 66.3 Å². The van der Waals surface area contributed by atoms with Gasteiger partial charge in [-0.1, -0.05) is 30.3 Å². The van der Waals surface area contributed by atoms with E-state index in [-0.39, 0.29) is 17.4 Å². The summed E-state index contributed by atoms with van der Waals surface area (Å²) in [6.45, 7) is 5.74. The smallest absolute Gasteiger partial charge is 0.219 e. The number of aromatic nitrogens is 3. The Labute approximate surface area is 221 Å². The third-order valence-corrected chi connectivity index (χ3v) is 7.50. The first-order valence-corrected chi connectivity index (χ1v) is 14.2. The molecular formula is C29H28N4O4S. The van der Waals surface area contributed by atoms with Crippen LogP contribution in [0.1, 0.15) is 43.7 Å². The topological polar surface area (TPSA) is 117 Å². The number of carbonyl (C=O) groups excluding carboxylic acids is 1. The molecule has 1 aliphatic rings. The molecule has 0 radical (unpaired) electrons. The second-order valence-electron chi connectivity index (χ2n) is 9.75. The molecule has 2 heterocycles. The van der Waals surface area contributed by atoms with Crippen molar-refractivity contribution in [2.24, 2.45) is 0 Å². The highest BCUT2D eigenvalue weighted by Gasteiger charge is 2.25. The number of hydrogen-bond acceptors (Lipinski definition) is 7.